The van der Waals surface area contributed by atoms with E-state index in [1.807, 2.05) is 42.5 Å². The van der Waals surface area contributed by atoms with Crippen LogP contribution in [0.5, 0.6) is 0 Å². The number of aliphatic hydroxyl groups is 1. The topological polar surface area (TPSA) is 53.7 Å². The van der Waals surface area contributed by atoms with Crippen LogP contribution in [0, 0.1) is 0 Å². The van der Waals surface area contributed by atoms with E-state index in [-0.39, 0.29) is 18.6 Å². The maximum atomic E-state index is 12.2. The Bertz CT molecular complexity index is 620. The van der Waals surface area contributed by atoms with Crippen LogP contribution in [-0.2, 0) is 11.2 Å². The normalized spacial score (nSPS) is 17.9. The van der Waals surface area contributed by atoms with E-state index in [0.717, 1.165) is 36.5 Å². The minimum Gasteiger partial charge on any atom is -0.461 e. The number of rotatable bonds is 5. The number of furan rings is 1. The molecule has 2 heterocycles. The summed E-state index contributed by atoms with van der Waals surface area (Å²) in [6.45, 7) is 0.822. The highest BCUT2D eigenvalue weighted by Gasteiger charge is 2.27. The van der Waals surface area contributed by atoms with Crippen molar-refractivity contribution in [1.29, 1.82) is 0 Å². The summed E-state index contributed by atoms with van der Waals surface area (Å²) >= 11 is 0. The highest BCUT2D eigenvalue weighted by atomic mass is 16.3. The molecule has 0 bridgehead atoms. The standard InChI is InChI=1S/C18H21NO3/c20-13-15-7-4-12-19(15)18(21)11-9-16-8-10-17(22-16)14-5-2-1-3-6-14/h1-3,5-6,8,10,15,20H,4,7,9,11-13H2/t15-/m1/s1. The summed E-state index contributed by atoms with van der Waals surface area (Å²) in [4.78, 5) is 14.0. The van der Waals surface area contributed by atoms with Gasteiger partial charge in [-0.2, -0.15) is 0 Å². The molecule has 116 valence electrons. The number of benzene rings is 1. The summed E-state index contributed by atoms with van der Waals surface area (Å²) in [5.74, 6) is 1.76. The molecule has 1 N–H and O–H groups in total. The molecule has 4 nitrogen and oxygen atoms in total. The number of nitrogens with zero attached hydrogens (tertiary/aromatic N) is 1. The van der Waals surface area contributed by atoms with Crippen LogP contribution in [0.25, 0.3) is 11.3 Å². The molecule has 0 saturated carbocycles. The van der Waals surface area contributed by atoms with E-state index in [9.17, 15) is 9.90 Å². The lowest BCUT2D eigenvalue weighted by Gasteiger charge is -2.22. The van der Waals surface area contributed by atoms with Gasteiger partial charge in [0.1, 0.15) is 11.5 Å². The number of carbonyl (C=O) groups excluding carboxylic acids is 1. The van der Waals surface area contributed by atoms with Gasteiger partial charge in [0.2, 0.25) is 5.91 Å². The van der Waals surface area contributed by atoms with Crippen LogP contribution in [0.15, 0.2) is 46.9 Å². The zero-order chi connectivity index (χ0) is 15.4. The largest absolute Gasteiger partial charge is 0.461 e. The molecule has 1 aromatic carbocycles. The Balaban J connectivity index is 1.58. The lowest BCUT2D eigenvalue weighted by Crippen LogP contribution is -2.37. The van der Waals surface area contributed by atoms with Gasteiger partial charge < -0.3 is 14.4 Å². The number of hydrogen-bond acceptors (Lipinski definition) is 3. The molecule has 1 amide bonds. The average molecular weight is 299 g/mol. The van der Waals surface area contributed by atoms with Crippen molar-refractivity contribution in [1.82, 2.24) is 4.90 Å². The number of carbonyl (C=O) groups is 1. The maximum Gasteiger partial charge on any atom is 0.223 e. The highest BCUT2D eigenvalue weighted by molar-refractivity contribution is 5.77. The predicted octanol–water partition coefficient (Wildman–Crippen LogP) is 2.86. The van der Waals surface area contributed by atoms with Crippen molar-refractivity contribution in [3.63, 3.8) is 0 Å². The molecule has 4 heteroatoms. The zero-order valence-corrected chi connectivity index (χ0v) is 12.6. The number of hydrogen-bond donors (Lipinski definition) is 1. The lowest BCUT2D eigenvalue weighted by molar-refractivity contribution is -0.132. The van der Waals surface area contributed by atoms with Gasteiger partial charge in [-0.3, -0.25) is 4.79 Å². The van der Waals surface area contributed by atoms with Crippen molar-refractivity contribution < 1.29 is 14.3 Å². The van der Waals surface area contributed by atoms with Gasteiger partial charge >= 0.3 is 0 Å². The fraction of sp³-hybridized carbons (Fsp3) is 0.389. The monoisotopic (exact) mass is 299 g/mol. The summed E-state index contributed by atoms with van der Waals surface area (Å²) in [7, 11) is 0. The molecule has 1 atom stereocenters. The molecule has 2 aromatic rings. The van der Waals surface area contributed by atoms with Crippen LogP contribution >= 0.6 is 0 Å². The first-order valence-corrected chi connectivity index (χ1v) is 7.82. The Morgan fingerprint density at radius 3 is 2.82 bits per heavy atom. The molecule has 0 aliphatic carbocycles. The van der Waals surface area contributed by atoms with Gasteiger partial charge in [0.15, 0.2) is 0 Å². The molecule has 1 fully saturated rings. The Hall–Kier alpha value is -2.07. The molecule has 22 heavy (non-hydrogen) atoms. The van der Waals surface area contributed by atoms with Crippen molar-refractivity contribution >= 4 is 5.91 Å². The van der Waals surface area contributed by atoms with Crippen molar-refractivity contribution in [3.05, 3.63) is 48.2 Å². The van der Waals surface area contributed by atoms with Crippen LogP contribution in [-0.4, -0.2) is 35.1 Å². The number of amides is 1. The third kappa shape index (κ3) is 3.22. The molecule has 1 aromatic heterocycles. The Labute approximate surface area is 130 Å². The van der Waals surface area contributed by atoms with Gasteiger partial charge in [0.25, 0.3) is 0 Å². The van der Waals surface area contributed by atoms with Crippen LogP contribution in [0.4, 0.5) is 0 Å². The molecule has 1 aliphatic rings. The van der Waals surface area contributed by atoms with E-state index in [0.29, 0.717) is 12.8 Å². The Morgan fingerprint density at radius 1 is 1.23 bits per heavy atom. The second-order valence-electron chi connectivity index (χ2n) is 5.70. The van der Waals surface area contributed by atoms with E-state index in [1.54, 1.807) is 4.90 Å². The molecule has 3 rings (SSSR count). The van der Waals surface area contributed by atoms with Crippen LogP contribution < -0.4 is 0 Å². The molecule has 0 spiro atoms. The van der Waals surface area contributed by atoms with E-state index in [4.69, 9.17) is 4.42 Å². The third-order valence-corrected chi connectivity index (χ3v) is 4.21. The second-order valence-corrected chi connectivity index (χ2v) is 5.70. The molecule has 1 saturated heterocycles. The molecule has 1 aliphatic heterocycles. The van der Waals surface area contributed by atoms with Gasteiger partial charge in [-0.05, 0) is 25.0 Å². The molecular formula is C18H21NO3. The van der Waals surface area contributed by atoms with Gasteiger partial charge in [-0.25, -0.2) is 0 Å². The first-order chi connectivity index (χ1) is 10.8. The first-order valence-electron chi connectivity index (χ1n) is 7.82. The quantitative estimate of drug-likeness (QED) is 0.923. The first kappa shape index (κ1) is 14.9. The van der Waals surface area contributed by atoms with Crippen molar-refractivity contribution in [3.8, 4) is 11.3 Å². The van der Waals surface area contributed by atoms with Crippen LogP contribution in [0.2, 0.25) is 0 Å². The minimum atomic E-state index is 0.00369. The molecule has 0 radical (unpaired) electrons. The highest BCUT2D eigenvalue weighted by Crippen LogP contribution is 2.23. The van der Waals surface area contributed by atoms with Gasteiger partial charge in [0.05, 0.1) is 12.6 Å². The maximum absolute atomic E-state index is 12.2. The van der Waals surface area contributed by atoms with Crippen molar-refractivity contribution in [2.24, 2.45) is 0 Å². The average Bonchev–Trinajstić information content (AvgIpc) is 3.22. The van der Waals surface area contributed by atoms with E-state index < -0.39 is 0 Å². The minimum absolute atomic E-state index is 0.00369. The van der Waals surface area contributed by atoms with Gasteiger partial charge in [0, 0.05) is 24.9 Å². The van der Waals surface area contributed by atoms with Crippen molar-refractivity contribution in [2.75, 3.05) is 13.2 Å². The summed E-state index contributed by atoms with van der Waals surface area (Å²) in [6, 6.07) is 13.8. The fourth-order valence-electron chi connectivity index (χ4n) is 3.00. The third-order valence-electron chi connectivity index (χ3n) is 4.21. The summed E-state index contributed by atoms with van der Waals surface area (Å²) in [6.07, 6.45) is 2.91. The number of aryl methyl sites for hydroxylation is 1. The van der Waals surface area contributed by atoms with E-state index in [2.05, 4.69) is 0 Å². The Kier molecular flexibility index (Phi) is 4.59. The Morgan fingerprint density at radius 2 is 2.05 bits per heavy atom. The zero-order valence-electron chi connectivity index (χ0n) is 12.6. The fourth-order valence-corrected chi connectivity index (χ4v) is 3.00. The van der Waals surface area contributed by atoms with E-state index >= 15 is 0 Å². The van der Waals surface area contributed by atoms with Gasteiger partial charge in [-0.15, -0.1) is 0 Å². The van der Waals surface area contributed by atoms with Gasteiger partial charge in [-0.1, -0.05) is 30.3 Å². The molecule has 0 unspecified atom stereocenters. The summed E-state index contributed by atoms with van der Waals surface area (Å²) in [5.41, 5.74) is 1.04. The summed E-state index contributed by atoms with van der Waals surface area (Å²) in [5, 5.41) is 9.29. The van der Waals surface area contributed by atoms with E-state index in [1.165, 1.54) is 0 Å². The second kappa shape index (κ2) is 6.79. The lowest BCUT2D eigenvalue weighted by atomic mass is 10.2. The SMILES string of the molecule is O=C(CCc1ccc(-c2ccccc2)o1)N1CCC[C@@H]1CO. The van der Waals surface area contributed by atoms with Crippen LogP contribution in [0.3, 0.4) is 0 Å². The number of likely N-dealkylation sites (tertiary alicyclic amines) is 1. The number of aliphatic hydroxyl groups excluding tert-OH is 1. The van der Waals surface area contributed by atoms with Crippen LogP contribution in [0.1, 0.15) is 25.0 Å². The van der Waals surface area contributed by atoms with Crippen molar-refractivity contribution in [2.45, 2.75) is 31.7 Å². The summed E-state index contributed by atoms with van der Waals surface area (Å²) < 4.78 is 5.82. The predicted molar refractivity (Wildman–Crippen MR) is 84.3 cm³/mol. The molecular weight excluding hydrogens is 278 g/mol. The smallest absolute Gasteiger partial charge is 0.223 e.